The van der Waals surface area contributed by atoms with Crippen molar-refractivity contribution < 1.29 is 9.53 Å². The molecule has 0 bridgehead atoms. The molecule has 0 unspecified atom stereocenters. The van der Waals surface area contributed by atoms with Crippen LogP contribution in [0.2, 0.25) is 0 Å². The molecule has 1 aliphatic heterocycles. The van der Waals surface area contributed by atoms with Crippen LogP contribution >= 0.6 is 12.2 Å². The molecule has 0 aliphatic carbocycles. The summed E-state index contributed by atoms with van der Waals surface area (Å²) >= 11 is 4.58. The van der Waals surface area contributed by atoms with Gasteiger partial charge in [-0.2, -0.15) is 10.1 Å². The predicted octanol–water partition coefficient (Wildman–Crippen LogP) is 3.19. The van der Waals surface area contributed by atoms with Gasteiger partial charge in [0, 0.05) is 13.1 Å². The van der Waals surface area contributed by atoms with Crippen molar-refractivity contribution in [1.29, 1.82) is 0 Å². The molecule has 0 saturated carbocycles. The Bertz CT molecular complexity index is 550. The number of aliphatic imine (C=N–C) groups is 1. The summed E-state index contributed by atoms with van der Waals surface area (Å²) in [6.07, 6.45) is 4.98. The summed E-state index contributed by atoms with van der Waals surface area (Å²) in [4.78, 5) is 17.6. The van der Waals surface area contributed by atoms with Crippen molar-refractivity contribution in [2.75, 3.05) is 13.1 Å². The third-order valence-corrected chi connectivity index (χ3v) is 3.34. The second-order valence-electron chi connectivity index (χ2n) is 6.08. The van der Waals surface area contributed by atoms with Crippen LogP contribution in [-0.2, 0) is 4.74 Å². The van der Waals surface area contributed by atoms with Crippen molar-refractivity contribution in [3.05, 3.63) is 12.4 Å². The van der Waals surface area contributed by atoms with E-state index in [0.717, 1.165) is 12.8 Å². The SMILES string of the molecule is CC(C)(C)OC(=O)N1CCC(n2cc(N=C=S)cn2)CC1. The number of thiocarbonyl (C=S) groups is 1. The van der Waals surface area contributed by atoms with E-state index in [1.54, 1.807) is 11.1 Å². The van der Waals surface area contributed by atoms with Gasteiger partial charge in [-0.15, -0.1) is 0 Å². The summed E-state index contributed by atoms with van der Waals surface area (Å²) in [5, 5.41) is 6.62. The number of hydrogen-bond donors (Lipinski definition) is 0. The smallest absolute Gasteiger partial charge is 0.410 e. The highest BCUT2D eigenvalue weighted by Gasteiger charge is 2.27. The highest BCUT2D eigenvalue weighted by molar-refractivity contribution is 7.78. The largest absolute Gasteiger partial charge is 0.444 e. The highest BCUT2D eigenvalue weighted by atomic mass is 32.1. The van der Waals surface area contributed by atoms with Crippen molar-refractivity contribution >= 4 is 29.2 Å². The number of isothiocyanates is 1. The number of hydrogen-bond acceptors (Lipinski definition) is 5. The molecule has 1 saturated heterocycles. The average molecular weight is 308 g/mol. The Balaban J connectivity index is 1.90. The minimum atomic E-state index is -0.455. The molecule has 0 spiro atoms. The molecule has 7 heteroatoms. The summed E-state index contributed by atoms with van der Waals surface area (Å²) in [7, 11) is 0. The summed E-state index contributed by atoms with van der Waals surface area (Å²) in [6, 6.07) is 0.276. The van der Waals surface area contributed by atoms with Crippen molar-refractivity contribution in [2.45, 2.75) is 45.3 Å². The molecule has 0 N–H and O–H groups in total. The first-order valence-electron chi connectivity index (χ1n) is 6.99. The quantitative estimate of drug-likeness (QED) is 0.622. The van der Waals surface area contributed by atoms with Gasteiger partial charge in [-0.1, -0.05) is 0 Å². The van der Waals surface area contributed by atoms with Gasteiger partial charge in [-0.25, -0.2) is 4.79 Å². The number of amides is 1. The second-order valence-corrected chi connectivity index (χ2v) is 6.26. The molecule has 1 aromatic heterocycles. The normalized spacial score (nSPS) is 16.4. The Morgan fingerprint density at radius 1 is 1.48 bits per heavy atom. The van der Waals surface area contributed by atoms with E-state index in [1.165, 1.54) is 0 Å². The molecule has 1 aromatic rings. The summed E-state index contributed by atoms with van der Waals surface area (Å²) in [5.74, 6) is 0. The second kappa shape index (κ2) is 6.37. The molecule has 2 heterocycles. The van der Waals surface area contributed by atoms with Crippen molar-refractivity contribution in [3.8, 4) is 0 Å². The average Bonchev–Trinajstić information content (AvgIpc) is 2.86. The number of likely N-dealkylation sites (tertiary alicyclic amines) is 1. The lowest BCUT2D eigenvalue weighted by molar-refractivity contribution is 0.0185. The van der Waals surface area contributed by atoms with Gasteiger partial charge in [0.2, 0.25) is 0 Å². The number of rotatable bonds is 2. The van der Waals surface area contributed by atoms with Crippen LogP contribution in [0.15, 0.2) is 17.4 Å². The van der Waals surface area contributed by atoms with Crippen LogP contribution in [0.1, 0.15) is 39.7 Å². The first-order chi connectivity index (χ1) is 9.89. The minimum Gasteiger partial charge on any atom is -0.444 e. The molecule has 0 radical (unpaired) electrons. The van der Waals surface area contributed by atoms with Crippen LogP contribution in [0.25, 0.3) is 0 Å². The third kappa shape index (κ3) is 4.37. The molecule has 6 nitrogen and oxygen atoms in total. The maximum absolute atomic E-state index is 12.0. The highest BCUT2D eigenvalue weighted by Crippen LogP contribution is 2.24. The van der Waals surface area contributed by atoms with Crippen molar-refractivity contribution in [3.63, 3.8) is 0 Å². The lowest BCUT2D eigenvalue weighted by Gasteiger charge is -2.33. The van der Waals surface area contributed by atoms with Crippen LogP contribution in [0, 0.1) is 0 Å². The zero-order valence-electron chi connectivity index (χ0n) is 12.6. The molecule has 0 atom stereocenters. The van der Waals surface area contributed by atoms with E-state index in [0.29, 0.717) is 18.8 Å². The maximum atomic E-state index is 12.0. The minimum absolute atomic E-state index is 0.243. The Labute approximate surface area is 129 Å². The van der Waals surface area contributed by atoms with E-state index >= 15 is 0 Å². The number of carbonyl (C=O) groups is 1. The third-order valence-electron chi connectivity index (χ3n) is 3.25. The molecule has 21 heavy (non-hydrogen) atoms. The molecule has 114 valence electrons. The van der Waals surface area contributed by atoms with Gasteiger partial charge >= 0.3 is 6.09 Å². The van der Waals surface area contributed by atoms with Gasteiger partial charge in [-0.3, -0.25) is 4.68 Å². The molecule has 0 aromatic carbocycles. The van der Waals surface area contributed by atoms with Gasteiger partial charge in [0.1, 0.15) is 11.3 Å². The van der Waals surface area contributed by atoms with E-state index in [1.807, 2.05) is 31.6 Å². The number of nitrogens with zero attached hydrogens (tertiary/aromatic N) is 4. The maximum Gasteiger partial charge on any atom is 0.410 e. The molecular weight excluding hydrogens is 288 g/mol. The van der Waals surface area contributed by atoms with E-state index < -0.39 is 5.60 Å². The Morgan fingerprint density at radius 3 is 2.71 bits per heavy atom. The lowest BCUT2D eigenvalue weighted by Crippen LogP contribution is -2.42. The molecular formula is C14H20N4O2S. The standard InChI is InChI=1S/C14H20N4O2S/c1-14(2,3)20-13(19)17-6-4-12(5-7-17)18-9-11(8-16-18)15-10-21/h8-9,12H,4-7H2,1-3H3. The van der Waals surface area contributed by atoms with Crippen LogP contribution in [0.3, 0.4) is 0 Å². The van der Waals surface area contributed by atoms with Gasteiger partial charge < -0.3 is 9.64 Å². The first kappa shape index (κ1) is 15.7. The first-order valence-corrected chi connectivity index (χ1v) is 7.40. The predicted molar refractivity (Wildman–Crippen MR) is 83.0 cm³/mol. The molecule has 2 rings (SSSR count). The molecule has 1 fully saturated rings. The zero-order chi connectivity index (χ0) is 15.5. The van der Waals surface area contributed by atoms with E-state index in [4.69, 9.17) is 4.74 Å². The van der Waals surface area contributed by atoms with Gasteiger partial charge in [0.15, 0.2) is 0 Å². The van der Waals surface area contributed by atoms with E-state index in [2.05, 4.69) is 27.5 Å². The fraction of sp³-hybridized carbons (Fsp3) is 0.643. The zero-order valence-corrected chi connectivity index (χ0v) is 13.4. The monoisotopic (exact) mass is 308 g/mol. The van der Waals surface area contributed by atoms with Crippen LogP contribution < -0.4 is 0 Å². The lowest BCUT2D eigenvalue weighted by atomic mass is 10.1. The summed E-state index contributed by atoms with van der Waals surface area (Å²) < 4.78 is 7.27. The van der Waals surface area contributed by atoms with Crippen molar-refractivity contribution in [2.24, 2.45) is 4.99 Å². The number of aromatic nitrogens is 2. The Kier molecular flexibility index (Phi) is 4.75. The number of carbonyl (C=O) groups excluding carboxylic acids is 1. The summed E-state index contributed by atoms with van der Waals surface area (Å²) in [5.41, 5.74) is 0.253. The van der Waals surface area contributed by atoms with Crippen LogP contribution in [-0.4, -0.2) is 44.6 Å². The summed E-state index contributed by atoms with van der Waals surface area (Å²) in [6.45, 7) is 6.97. The Morgan fingerprint density at radius 2 is 2.14 bits per heavy atom. The fourth-order valence-corrected chi connectivity index (χ4v) is 2.38. The van der Waals surface area contributed by atoms with Crippen LogP contribution in [0.4, 0.5) is 10.5 Å². The van der Waals surface area contributed by atoms with Crippen LogP contribution in [0.5, 0.6) is 0 Å². The molecule has 1 amide bonds. The number of piperidine rings is 1. The molecule has 1 aliphatic rings. The van der Waals surface area contributed by atoms with Gasteiger partial charge in [-0.05, 0) is 45.8 Å². The van der Waals surface area contributed by atoms with Crippen molar-refractivity contribution in [1.82, 2.24) is 14.7 Å². The number of ether oxygens (including phenoxy) is 1. The van der Waals surface area contributed by atoms with E-state index in [-0.39, 0.29) is 12.1 Å². The van der Waals surface area contributed by atoms with Gasteiger partial charge in [0.05, 0.1) is 23.6 Å². The fourth-order valence-electron chi connectivity index (χ4n) is 2.28. The van der Waals surface area contributed by atoms with Gasteiger partial charge in [0.25, 0.3) is 0 Å². The van der Waals surface area contributed by atoms with E-state index in [9.17, 15) is 4.79 Å². The topological polar surface area (TPSA) is 59.7 Å². The Hall–Kier alpha value is -1.72.